The summed E-state index contributed by atoms with van der Waals surface area (Å²) in [4.78, 5) is 10.6. The zero-order valence-electron chi connectivity index (χ0n) is 10.3. The molecule has 3 rings (SSSR count). The minimum atomic E-state index is 0.530. The van der Waals surface area contributed by atoms with Gasteiger partial charge >= 0.3 is 0 Å². The Morgan fingerprint density at radius 2 is 2.22 bits per heavy atom. The number of ether oxygens (including phenoxy) is 1. The number of aldehydes is 1. The number of carbonyl (C=O) groups excluding carboxylic acids is 1. The second kappa shape index (κ2) is 4.93. The van der Waals surface area contributed by atoms with Gasteiger partial charge in [0.05, 0.1) is 11.6 Å². The Morgan fingerprint density at radius 3 is 2.83 bits per heavy atom. The Labute approximate surface area is 112 Å². The zero-order chi connectivity index (χ0) is 12.5. The predicted molar refractivity (Wildman–Crippen MR) is 71.3 cm³/mol. The van der Waals surface area contributed by atoms with E-state index in [4.69, 9.17) is 16.3 Å². The third-order valence-electron chi connectivity index (χ3n) is 4.43. The van der Waals surface area contributed by atoms with Gasteiger partial charge in [-0.3, -0.25) is 4.79 Å². The summed E-state index contributed by atoms with van der Waals surface area (Å²) in [5.74, 6) is 3.20. The highest BCUT2D eigenvalue weighted by atomic mass is 35.5. The minimum absolute atomic E-state index is 0.530. The summed E-state index contributed by atoms with van der Waals surface area (Å²) >= 11 is 6.09. The molecule has 96 valence electrons. The number of hydrogen-bond acceptors (Lipinski definition) is 2. The summed E-state index contributed by atoms with van der Waals surface area (Å²) < 4.78 is 5.82. The maximum Gasteiger partial charge on any atom is 0.150 e. The van der Waals surface area contributed by atoms with E-state index in [1.807, 2.05) is 0 Å². The van der Waals surface area contributed by atoms with Gasteiger partial charge in [0.1, 0.15) is 12.0 Å². The van der Waals surface area contributed by atoms with Crippen LogP contribution in [-0.4, -0.2) is 12.9 Å². The van der Waals surface area contributed by atoms with E-state index in [0.717, 1.165) is 24.7 Å². The second-order valence-corrected chi connectivity index (χ2v) is 5.96. The van der Waals surface area contributed by atoms with E-state index < -0.39 is 0 Å². The monoisotopic (exact) mass is 264 g/mol. The quantitative estimate of drug-likeness (QED) is 0.770. The summed E-state index contributed by atoms with van der Waals surface area (Å²) in [5, 5.41) is 0.530. The lowest BCUT2D eigenvalue weighted by molar-refractivity contribution is 0.112. The van der Waals surface area contributed by atoms with E-state index in [0.29, 0.717) is 22.3 Å². The molecule has 2 aliphatic carbocycles. The van der Waals surface area contributed by atoms with Crippen LogP contribution in [-0.2, 0) is 0 Å². The molecule has 0 N–H and O–H groups in total. The fourth-order valence-corrected chi connectivity index (χ4v) is 3.73. The molecular formula is C15H17ClO2. The first kappa shape index (κ1) is 12.0. The van der Waals surface area contributed by atoms with Crippen molar-refractivity contribution in [3.63, 3.8) is 0 Å². The van der Waals surface area contributed by atoms with E-state index in [1.54, 1.807) is 18.2 Å². The third kappa shape index (κ3) is 2.26. The molecule has 0 aromatic heterocycles. The largest absolute Gasteiger partial charge is 0.492 e. The van der Waals surface area contributed by atoms with Crippen molar-refractivity contribution in [2.75, 3.05) is 6.61 Å². The van der Waals surface area contributed by atoms with Crippen molar-refractivity contribution in [1.29, 1.82) is 0 Å². The predicted octanol–water partition coefficient (Wildman–Crippen LogP) is 3.97. The highest BCUT2D eigenvalue weighted by molar-refractivity contribution is 6.32. The van der Waals surface area contributed by atoms with Crippen LogP contribution in [0.1, 0.15) is 36.0 Å². The lowest BCUT2D eigenvalue weighted by Gasteiger charge is -2.22. The molecule has 2 bridgehead atoms. The summed E-state index contributed by atoms with van der Waals surface area (Å²) in [6.07, 6.45) is 6.29. The molecular weight excluding hydrogens is 248 g/mol. The normalized spacial score (nSPS) is 29.5. The first-order chi connectivity index (χ1) is 8.76. The molecule has 18 heavy (non-hydrogen) atoms. The molecule has 0 spiro atoms. The molecule has 0 aliphatic heterocycles. The average molecular weight is 265 g/mol. The van der Waals surface area contributed by atoms with Crippen molar-refractivity contribution in [2.24, 2.45) is 17.8 Å². The van der Waals surface area contributed by atoms with Crippen LogP contribution in [0.2, 0.25) is 5.02 Å². The fraction of sp³-hybridized carbons (Fsp3) is 0.533. The average Bonchev–Trinajstić information content (AvgIpc) is 2.99. The van der Waals surface area contributed by atoms with Gasteiger partial charge in [0, 0.05) is 5.56 Å². The maximum atomic E-state index is 10.6. The Kier molecular flexibility index (Phi) is 3.29. The maximum absolute atomic E-state index is 10.6. The number of hydrogen-bond donors (Lipinski definition) is 0. The van der Waals surface area contributed by atoms with Gasteiger partial charge < -0.3 is 4.74 Å². The molecule has 1 aromatic rings. The second-order valence-electron chi connectivity index (χ2n) is 5.55. The van der Waals surface area contributed by atoms with Crippen LogP contribution in [0.15, 0.2) is 18.2 Å². The van der Waals surface area contributed by atoms with Gasteiger partial charge in [0.15, 0.2) is 0 Å². The molecule has 2 nitrogen and oxygen atoms in total. The van der Waals surface area contributed by atoms with Crippen LogP contribution in [0, 0.1) is 17.8 Å². The highest BCUT2D eigenvalue weighted by Crippen LogP contribution is 2.48. The fourth-order valence-electron chi connectivity index (χ4n) is 3.48. The van der Waals surface area contributed by atoms with Crippen LogP contribution >= 0.6 is 11.6 Å². The van der Waals surface area contributed by atoms with Gasteiger partial charge in [-0.15, -0.1) is 0 Å². The molecule has 0 saturated heterocycles. The van der Waals surface area contributed by atoms with Crippen molar-refractivity contribution < 1.29 is 9.53 Å². The molecule has 3 unspecified atom stereocenters. The van der Waals surface area contributed by atoms with Gasteiger partial charge in [-0.25, -0.2) is 0 Å². The van der Waals surface area contributed by atoms with Crippen LogP contribution in [0.4, 0.5) is 0 Å². The smallest absolute Gasteiger partial charge is 0.150 e. The molecule has 3 atom stereocenters. The third-order valence-corrected chi connectivity index (χ3v) is 4.72. The Balaban J connectivity index is 1.61. The number of halogens is 1. The highest BCUT2D eigenvalue weighted by Gasteiger charge is 2.39. The first-order valence-corrected chi connectivity index (χ1v) is 7.01. The Bertz CT molecular complexity index is 458. The number of carbonyl (C=O) groups is 1. The van der Waals surface area contributed by atoms with Gasteiger partial charge in [0.25, 0.3) is 0 Å². The van der Waals surface area contributed by atoms with Crippen molar-refractivity contribution in [3.05, 3.63) is 28.8 Å². The minimum Gasteiger partial charge on any atom is -0.492 e. The van der Waals surface area contributed by atoms with Gasteiger partial charge in [0.2, 0.25) is 0 Å². The van der Waals surface area contributed by atoms with Gasteiger partial charge in [-0.05, 0) is 55.2 Å². The van der Waals surface area contributed by atoms with Gasteiger partial charge in [-0.1, -0.05) is 18.0 Å². The van der Waals surface area contributed by atoms with Crippen molar-refractivity contribution >= 4 is 17.9 Å². The standard InChI is InChI=1S/C15H17ClO2/c16-14-7-11(8-17)2-4-15(14)18-9-13-6-10-1-3-12(13)5-10/h2,4,7-8,10,12-13H,1,3,5-6,9H2. The topological polar surface area (TPSA) is 26.3 Å². The molecule has 0 heterocycles. The molecule has 2 saturated carbocycles. The van der Waals surface area contributed by atoms with Crippen molar-refractivity contribution in [2.45, 2.75) is 25.7 Å². The molecule has 2 fully saturated rings. The van der Waals surface area contributed by atoms with Crippen LogP contribution in [0.25, 0.3) is 0 Å². The van der Waals surface area contributed by atoms with E-state index in [9.17, 15) is 4.79 Å². The molecule has 2 aliphatic rings. The Morgan fingerprint density at radius 1 is 1.33 bits per heavy atom. The Hall–Kier alpha value is -1.02. The first-order valence-electron chi connectivity index (χ1n) is 6.64. The van der Waals surface area contributed by atoms with Crippen molar-refractivity contribution in [3.8, 4) is 5.75 Å². The van der Waals surface area contributed by atoms with Crippen LogP contribution < -0.4 is 4.74 Å². The molecule has 1 aromatic carbocycles. The summed E-state index contributed by atoms with van der Waals surface area (Å²) in [5.41, 5.74) is 0.590. The number of benzene rings is 1. The zero-order valence-corrected chi connectivity index (χ0v) is 11.0. The molecule has 3 heteroatoms. The summed E-state index contributed by atoms with van der Waals surface area (Å²) in [6, 6.07) is 5.19. The van der Waals surface area contributed by atoms with E-state index in [-0.39, 0.29) is 0 Å². The van der Waals surface area contributed by atoms with E-state index >= 15 is 0 Å². The molecule has 0 amide bonds. The van der Waals surface area contributed by atoms with Gasteiger partial charge in [-0.2, -0.15) is 0 Å². The number of rotatable bonds is 4. The SMILES string of the molecule is O=Cc1ccc(OCC2CC3CCC2C3)c(Cl)c1. The van der Waals surface area contributed by atoms with Crippen LogP contribution in [0.3, 0.4) is 0 Å². The summed E-state index contributed by atoms with van der Waals surface area (Å²) in [7, 11) is 0. The van der Waals surface area contributed by atoms with Crippen LogP contribution in [0.5, 0.6) is 5.75 Å². The molecule has 0 radical (unpaired) electrons. The lowest BCUT2D eigenvalue weighted by Crippen LogP contribution is -2.18. The number of fused-ring (bicyclic) bond motifs is 2. The van der Waals surface area contributed by atoms with E-state index in [1.165, 1.54) is 25.7 Å². The summed E-state index contributed by atoms with van der Waals surface area (Å²) in [6.45, 7) is 0.765. The van der Waals surface area contributed by atoms with E-state index in [2.05, 4.69) is 0 Å². The lowest BCUT2D eigenvalue weighted by atomic mass is 9.89. The van der Waals surface area contributed by atoms with Crippen molar-refractivity contribution in [1.82, 2.24) is 0 Å².